The SMILES string of the molecule is CCCCC(CC)CN1C(=O)/C(=C\c2cn(-c3ccccc3)nc2-c2ccc([N+](=O)[O-])cc2)SC1=S. The van der Waals surface area contributed by atoms with Crippen molar-refractivity contribution in [2.45, 2.75) is 39.5 Å². The van der Waals surface area contributed by atoms with Gasteiger partial charge in [-0.2, -0.15) is 5.10 Å². The van der Waals surface area contributed by atoms with Crippen LogP contribution in [-0.2, 0) is 4.79 Å². The predicted molar refractivity (Wildman–Crippen MR) is 149 cm³/mol. The molecule has 1 aliphatic rings. The summed E-state index contributed by atoms with van der Waals surface area (Å²) in [7, 11) is 0. The number of thioether (sulfide) groups is 1. The Morgan fingerprint density at radius 2 is 1.86 bits per heavy atom. The van der Waals surface area contributed by atoms with E-state index in [-0.39, 0.29) is 11.6 Å². The Labute approximate surface area is 220 Å². The number of carbonyl (C=O) groups is 1. The second-order valence-corrected chi connectivity index (χ2v) is 10.4. The first kappa shape index (κ1) is 25.8. The topological polar surface area (TPSA) is 81.3 Å². The molecule has 2 aromatic carbocycles. The lowest BCUT2D eigenvalue weighted by Gasteiger charge is -2.21. The zero-order valence-electron chi connectivity index (χ0n) is 20.3. The monoisotopic (exact) mass is 520 g/mol. The van der Waals surface area contributed by atoms with Gasteiger partial charge in [0.25, 0.3) is 11.6 Å². The number of benzene rings is 2. The summed E-state index contributed by atoms with van der Waals surface area (Å²) in [5, 5.41) is 15.9. The lowest BCUT2D eigenvalue weighted by atomic mass is 9.99. The summed E-state index contributed by atoms with van der Waals surface area (Å²) in [6.45, 7) is 4.96. The molecule has 36 heavy (non-hydrogen) atoms. The molecule has 186 valence electrons. The highest BCUT2D eigenvalue weighted by molar-refractivity contribution is 8.26. The van der Waals surface area contributed by atoms with Crippen LogP contribution in [0.5, 0.6) is 0 Å². The van der Waals surface area contributed by atoms with Crippen molar-refractivity contribution in [3.63, 3.8) is 0 Å². The van der Waals surface area contributed by atoms with E-state index >= 15 is 0 Å². The summed E-state index contributed by atoms with van der Waals surface area (Å²) in [5.41, 5.74) is 2.98. The standard InChI is InChI=1S/C27H28N4O3S2/c1-3-5-9-19(4-2)17-29-26(32)24(36-27(29)35)16-21-18-30(22-10-7-6-8-11-22)28-25(21)20-12-14-23(15-13-20)31(33)34/h6-8,10-16,18-19H,3-5,9,17H2,1-2H3/b24-16+. The van der Waals surface area contributed by atoms with Crippen LogP contribution in [0.25, 0.3) is 23.0 Å². The van der Waals surface area contributed by atoms with E-state index in [1.807, 2.05) is 42.6 Å². The zero-order chi connectivity index (χ0) is 25.7. The van der Waals surface area contributed by atoms with Crippen LogP contribution < -0.4 is 0 Å². The van der Waals surface area contributed by atoms with Crippen LogP contribution in [0.2, 0.25) is 0 Å². The Bertz CT molecular complexity index is 1290. The van der Waals surface area contributed by atoms with Gasteiger partial charge in [0.15, 0.2) is 0 Å². The molecule has 1 unspecified atom stereocenters. The number of amides is 1. The number of non-ortho nitro benzene ring substituents is 1. The summed E-state index contributed by atoms with van der Waals surface area (Å²) in [6, 6.07) is 15.9. The van der Waals surface area contributed by atoms with Gasteiger partial charge in [-0.3, -0.25) is 19.8 Å². The van der Waals surface area contributed by atoms with Crippen molar-refractivity contribution in [2.24, 2.45) is 5.92 Å². The number of nitro groups is 1. The van der Waals surface area contributed by atoms with Crippen molar-refractivity contribution in [2.75, 3.05) is 6.54 Å². The van der Waals surface area contributed by atoms with Gasteiger partial charge in [0.1, 0.15) is 4.32 Å². The highest BCUT2D eigenvalue weighted by atomic mass is 32.2. The molecule has 1 saturated heterocycles. The minimum atomic E-state index is -0.428. The zero-order valence-corrected chi connectivity index (χ0v) is 21.9. The Morgan fingerprint density at radius 1 is 1.14 bits per heavy atom. The number of hydrogen-bond donors (Lipinski definition) is 0. The number of aromatic nitrogens is 2. The maximum Gasteiger partial charge on any atom is 0.269 e. The van der Waals surface area contributed by atoms with E-state index in [0.29, 0.717) is 27.4 Å². The van der Waals surface area contributed by atoms with Crippen LogP contribution in [-0.4, -0.2) is 36.4 Å². The molecular formula is C27H28N4O3S2. The molecule has 0 N–H and O–H groups in total. The number of hydrogen-bond acceptors (Lipinski definition) is 6. The Balaban J connectivity index is 1.69. The fourth-order valence-corrected chi connectivity index (χ4v) is 5.41. The Kier molecular flexibility index (Phi) is 8.32. The minimum absolute atomic E-state index is 0.0113. The van der Waals surface area contributed by atoms with Crippen LogP contribution in [0.15, 0.2) is 65.7 Å². The van der Waals surface area contributed by atoms with Crippen molar-refractivity contribution in [3.8, 4) is 16.9 Å². The van der Waals surface area contributed by atoms with Crippen LogP contribution in [0.4, 0.5) is 5.69 Å². The third kappa shape index (κ3) is 5.74. The second-order valence-electron chi connectivity index (χ2n) is 8.73. The molecule has 1 atom stereocenters. The van der Waals surface area contributed by atoms with Gasteiger partial charge < -0.3 is 0 Å². The highest BCUT2D eigenvalue weighted by Crippen LogP contribution is 2.36. The van der Waals surface area contributed by atoms with E-state index in [9.17, 15) is 14.9 Å². The van der Waals surface area contributed by atoms with Gasteiger partial charge in [-0.15, -0.1) is 0 Å². The molecule has 7 nitrogen and oxygen atoms in total. The molecule has 0 aliphatic carbocycles. The molecule has 0 spiro atoms. The number of carbonyl (C=O) groups excluding carboxylic acids is 1. The van der Waals surface area contributed by atoms with Crippen LogP contribution in [0, 0.1) is 16.0 Å². The average Bonchev–Trinajstić information content (AvgIpc) is 3.43. The highest BCUT2D eigenvalue weighted by Gasteiger charge is 2.33. The molecule has 3 aromatic rings. The molecule has 1 fully saturated rings. The van der Waals surface area contributed by atoms with Gasteiger partial charge >= 0.3 is 0 Å². The molecule has 1 aromatic heterocycles. The van der Waals surface area contributed by atoms with Crippen molar-refractivity contribution in [1.29, 1.82) is 0 Å². The number of rotatable bonds is 10. The third-order valence-corrected chi connectivity index (χ3v) is 7.64. The van der Waals surface area contributed by atoms with Gasteiger partial charge in [-0.1, -0.05) is 75.3 Å². The molecule has 0 saturated carbocycles. The number of nitro benzene ring substituents is 1. The summed E-state index contributed by atoms with van der Waals surface area (Å²) in [5.74, 6) is 0.338. The molecule has 1 amide bonds. The number of unbranched alkanes of at least 4 members (excludes halogenated alkanes) is 1. The maximum atomic E-state index is 13.3. The van der Waals surface area contributed by atoms with Gasteiger partial charge in [-0.25, -0.2) is 4.68 Å². The molecule has 1 aliphatic heterocycles. The van der Waals surface area contributed by atoms with Crippen molar-refractivity contribution >= 4 is 46.0 Å². The fourth-order valence-electron chi connectivity index (χ4n) is 4.15. The maximum absolute atomic E-state index is 13.3. The average molecular weight is 521 g/mol. The first-order chi connectivity index (χ1) is 17.4. The Morgan fingerprint density at radius 3 is 2.50 bits per heavy atom. The summed E-state index contributed by atoms with van der Waals surface area (Å²) < 4.78 is 2.33. The van der Waals surface area contributed by atoms with E-state index < -0.39 is 4.92 Å². The van der Waals surface area contributed by atoms with Crippen molar-refractivity contribution < 1.29 is 9.72 Å². The fraction of sp³-hybridized carbons (Fsp3) is 0.296. The van der Waals surface area contributed by atoms with E-state index in [0.717, 1.165) is 42.5 Å². The smallest absolute Gasteiger partial charge is 0.269 e. The molecule has 0 radical (unpaired) electrons. The second kappa shape index (κ2) is 11.6. The minimum Gasteiger partial charge on any atom is -0.293 e. The summed E-state index contributed by atoms with van der Waals surface area (Å²) in [4.78, 5) is 26.3. The van der Waals surface area contributed by atoms with Gasteiger partial charge in [-0.05, 0) is 42.7 Å². The predicted octanol–water partition coefficient (Wildman–Crippen LogP) is 6.87. The number of nitrogens with zero attached hydrogens (tertiary/aromatic N) is 4. The third-order valence-electron chi connectivity index (χ3n) is 6.26. The lowest BCUT2D eigenvalue weighted by molar-refractivity contribution is -0.384. The van der Waals surface area contributed by atoms with E-state index in [1.54, 1.807) is 21.7 Å². The lowest BCUT2D eigenvalue weighted by Crippen LogP contribution is -2.33. The van der Waals surface area contributed by atoms with Crippen LogP contribution >= 0.6 is 24.0 Å². The summed E-state index contributed by atoms with van der Waals surface area (Å²) in [6.07, 6.45) is 8.05. The van der Waals surface area contributed by atoms with Crippen LogP contribution in [0.1, 0.15) is 45.1 Å². The normalized spacial score (nSPS) is 15.6. The first-order valence-electron chi connectivity index (χ1n) is 12.1. The van der Waals surface area contributed by atoms with Gasteiger partial charge in [0, 0.05) is 36.0 Å². The van der Waals surface area contributed by atoms with Gasteiger partial charge in [0.2, 0.25) is 0 Å². The van der Waals surface area contributed by atoms with Crippen molar-refractivity contribution in [3.05, 3.63) is 81.4 Å². The number of thiocarbonyl (C=S) groups is 1. The number of para-hydroxylation sites is 1. The quantitative estimate of drug-likeness (QED) is 0.126. The molecule has 9 heteroatoms. The van der Waals surface area contributed by atoms with Crippen LogP contribution in [0.3, 0.4) is 0 Å². The van der Waals surface area contributed by atoms with Gasteiger partial charge in [0.05, 0.1) is 21.2 Å². The summed E-state index contributed by atoms with van der Waals surface area (Å²) >= 11 is 6.89. The van der Waals surface area contributed by atoms with E-state index in [2.05, 4.69) is 13.8 Å². The first-order valence-corrected chi connectivity index (χ1v) is 13.3. The Hall–Kier alpha value is -3.30. The van der Waals surface area contributed by atoms with E-state index in [1.165, 1.54) is 23.9 Å². The molecule has 2 heterocycles. The molecule has 4 rings (SSSR count). The molecule has 0 bridgehead atoms. The van der Waals surface area contributed by atoms with E-state index in [4.69, 9.17) is 17.3 Å². The largest absolute Gasteiger partial charge is 0.293 e. The van der Waals surface area contributed by atoms with Crippen molar-refractivity contribution in [1.82, 2.24) is 14.7 Å². The molecular weight excluding hydrogens is 492 g/mol.